The fraction of sp³-hybridized carbons (Fsp3) is 0.471. The van der Waals surface area contributed by atoms with Gasteiger partial charge in [0, 0.05) is 6.54 Å². The lowest BCUT2D eigenvalue weighted by molar-refractivity contribution is 0.310. The van der Waals surface area contributed by atoms with Gasteiger partial charge in [0.25, 0.3) is 0 Å². The lowest BCUT2D eigenvalue weighted by Crippen LogP contribution is -2.32. The lowest BCUT2D eigenvalue weighted by atomic mass is 10.1. The molecule has 0 aromatic heterocycles. The zero-order valence-corrected chi connectivity index (χ0v) is 13.8. The number of nitrogens with one attached hydrogen (secondary N) is 1. The van der Waals surface area contributed by atoms with Gasteiger partial charge in [-0.15, -0.1) is 0 Å². The topological polar surface area (TPSA) is 68.9 Å². The highest BCUT2D eigenvalue weighted by atomic mass is 16.5. The number of hydrogen-bond donors (Lipinski definition) is 2. The molecule has 0 radical (unpaired) electrons. The summed E-state index contributed by atoms with van der Waals surface area (Å²) in [5.41, 5.74) is 7.97. The number of guanidine groups is 1. The Morgan fingerprint density at radius 3 is 2.77 bits per heavy atom. The molecule has 0 aliphatic heterocycles. The molecule has 5 heteroatoms. The molecule has 122 valence electrons. The van der Waals surface area contributed by atoms with Crippen LogP contribution in [0.5, 0.6) is 11.5 Å². The van der Waals surface area contributed by atoms with Crippen molar-refractivity contribution >= 4 is 5.96 Å². The molecular weight excluding hydrogens is 278 g/mol. The van der Waals surface area contributed by atoms with Crippen LogP contribution in [0.25, 0.3) is 0 Å². The first-order valence-corrected chi connectivity index (χ1v) is 7.54. The zero-order valence-electron chi connectivity index (χ0n) is 13.8. The lowest BCUT2D eigenvalue weighted by Gasteiger charge is -2.11. The van der Waals surface area contributed by atoms with Crippen molar-refractivity contribution in [1.29, 1.82) is 0 Å². The van der Waals surface area contributed by atoms with Crippen LogP contribution in [0.1, 0.15) is 25.8 Å². The second-order valence-electron chi connectivity index (χ2n) is 5.11. The maximum Gasteiger partial charge on any atom is 0.188 e. The summed E-state index contributed by atoms with van der Waals surface area (Å²) in [5, 5.41) is 3.10. The van der Waals surface area contributed by atoms with Gasteiger partial charge in [-0.05, 0) is 44.4 Å². The van der Waals surface area contributed by atoms with Crippen LogP contribution >= 0.6 is 0 Å². The highest BCUT2D eigenvalue weighted by Crippen LogP contribution is 2.28. The van der Waals surface area contributed by atoms with Gasteiger partial charge in [0.05, 0.1) is 20.3 Å². The Hall–Kier alpha value is -2.17. The number of rotatable bonds is 9. The quantitative estimate of drug-likeness (QED) is 0.318. The van der Waals surface area contributed by atoms with Crippen molar-refractivity contribution in [1.82, 2.24) is 5.32 Å². The first-order valence-electron chi connectivity index (χ1n) is 7.54. The standard InChI is InChI=1S/C17H27N3O2/c1-5-22-16-11-14(8-9-15(16)21-4)7-6-10-19-17(18)20-12-13(2)3/h8-9,11H,2,5-7,10,12H2,1,3-4H3,(H3,18,19,20). The normalized spacial score (nSPS) is 11.1. The fourth-order valence-corrected chi connectivity index (χ4v) is 1.93. The predicted octanol–water partition coefficient (Wildman–Crippen LogP) is 2.51. The first-order chi connectivity index (χ1) is 10.6. The van der Waals surface area contributed by atoms with Crippen LogP contribution in [0, 0.1) is 0 Å². The van der Waals surface area contributed by atoms with Gasteiger partial charge >= 0.3 is 0 Å². The number of methoxy groups -OCH3 is 1. The molecule has 0 amide bonds. The highest BCUT2D eigenvalue weighted by Gasteiger charge is 2.05. The van der Waals surface area contributed by atoms with E-state index in [0.717, 1.165) is 36.5 Å². The average Bonchev–Trinajstić information content (AvgIpc) is 2.50. The number of aryl methyl sites for hydroxylation is 1. The molecule has 0 saturated carbocycles. The summed E-state index contributed by atoms with van der Waals surface area (Å²) >= 11 is 0. The Morgan fingerprint density at radius 2 is 2.14 bits per heavy atom. The van der Waals surface area contributed by atoms with Crippen LogP contribution in [0.15, 0.2) is 35.3 Å². The fourth-order valence-electron chi connectivity index (χ4n) is 1.93. The molecule has 5 nitrogen and oxygen atoms in total. The molecule has 0 aliphatic rings. The third-order valence-corrected chi connectivity index (χ3v) is 3.00. The number of nitrogens with two attached hydrogens (primary N) is 1. The van der Waals surface area contributed by atoms with E-state index < -0.39 is 0 Å². The van der Waals surface area contributed by atoms with Gasteiger partial charge in [0.1, 0.15) is 0 Å². The molecule has 0 saturated heterocycles. The number of benzene rings is 1. The van der Waals surface area contributed by atoms with Crippen molar-refractivity contribution in [3.8, 4) is 11.5 Å². The molecular formula is C17H27N3O2. The molecule has 0 spiro atoms. The van der Waals surface area contributed by atoms with Crippen molar-refractivity contribution in [2.75, 3.05) is 26.8 Å². The summed E-state index contributed by atoms with van der Waals surface area (Å²) in [6.45, 7) is 9.64. The number of ether oxygens (including phenoxy) is 2. The summed E-state index contributed by atoms with van der Waals surface area (Å²) in [4.78, 5) is 4.18. The number of hydrogen-bond acceptors (Lipinski definition) is 3. The minimum Gasteiger partial charge on any atom is -0.493 e. The van der Waals surface area contributed by atoms with Crippen LogP contribution in [-0.4, -0.2) is 32.8 Å². The van der Waals surface area contributed by atoms with E-state index in [9.17, 15) is 0 Å². The van der Waals surface area contributed by atoms with Crippen molar-refractivity contribution in [3.05, 3.63) is 35.9 Å². The predicted molar refractivity (Wildman–Crippen MR) is 91.8 cm³/mol. The van der Waals surface area contributed by atoms with E-state index in [2.05, 4.69) is 23.0 Å². The number of aliphatic imine (C=N–C) groups is 1. The van der Waals surface area contributed by atoms with Gasteiger partial charge in [-0.25, -0.2) is 4.99 Å². The Morgan fingerprint density at radius 1 is 1.36 bits per heavy atom. The summed E-state index contributed by atoms with van der Waals surface area (Å²) in [5.74, 6) is 2.02. The van der Waals surface area contributed by atoms with Crippen LogP contribution in [0.2, 0.25) is 0 Å². The molecule has 3 N–H and O–H groups in total. The van der Waals surface area contributed by atoms with Gasteiger partial charge in [0.2, 0.25) is 0 Å². The monoisotopic (exact) mass is 305 g/mol. The largest absolute Gasteiger partial charge is 0.493 e. The third kappa shape index (κ3) is 6.52. The van der Waals surface area contributed by atoms with Crippen LogP contribution < -0.4 is 20.5 Å². The summed E-state index contributed by atoms with van der Waals surface area (Å²) < 4.78 is 10.9. The minimum absolute atomic E-state index is 0.465. The Balaban J connectivity index is 2.43. The van der Waals surface area contributed by atoms with Crippen molar-refractivity contribution in [3.63, 3.8) is 0 Å². The average molecular weight is 305 g/mol. The molecule has 1 aromatic rings. The summed E-state index contributed by atoms with van der Waals surface area (Å²) in [6.07, 6.45) is 1.89. The molecule has 0 aliphatic carbocycles. The van der Waals surface area contributed by atoms with E-state index in [1.54, 1.807) is 7.11 Å². The molecule has 0 heterocycles. The van der Waals surface area contributed by atoms with Gasteiger partial charge in [-0.3, -0.25) is 0 Å². The van der Waals surface area contributed by atoms with Crippen molar-refractivity contribution in [2.24, 2.45) is 10.7 Å². The SMILES string of the molecule is C=C(C)CN=C(N)NCCCc1ccc(OC)c(OCC)c1. The van der Waals surface area contributed by atoms with E-state index in [-0.39, 0.29) is 0 Å². The Bertz CT molecular complexity index is 513. The smallest absolute Gasteiger partial charge is 0.188 e. The van der Waals surface area contributed by atoms with Crippen LogP contribution in [0.3, 0.4) is 0 Å². The van der Waals surface area contributed by atoms with E-state index >= 15 is 0 Å². The van der Waals surface area contributed by atoms with Crippen molar-refractivity contribution < 1.29 is 9.47 Å². The minimum atomic E-state index is 0.465. The third-order valence-electron chi connectivity index (χ3n) is 3.00. The second-order valence-corrected chi connectivity index (χ2v) is 5.11. The molecule has 22 heavy (non-hydrogen) atoms. The molecule has 1 aromatic carbocycles. The van der Waals surface area contributed by atoms with Gasteiger partial charge < -0.3 is 20.5 Å². The Kier molecular flexibility index (Phi) is 7.89. The van der Waals surface area contributed by atoms with Crippen LogP contribution in [0.4, 0.5) is 0 Å². The van der Waals surface area contributed by atoms with E-state index in [1.807, 2.05) is 26.0 Å². The Labute approximate surface area is 133 Å². The van der Waals surface area contributed by atoms with E-state index in [1.165, 1.54) is 5.56 Å². The van der Waals surface area contributed by atoms with Gasteiger partial charge in [-0.2, -0.15) is 0 Å². The summed E-state index contributed by atoms with van der Waals surface area (Å²) in [7, 11) is 1.65. The zero-order chi connectivity index (χ0) is 16.4. The highest BCUT2D eigenvalue weighted by molar-refractivity contribution is 5.77. The van der Waals surface area contributed by atoms with Gasteiger partial charge in [-0.1, -0.05) is 18.2 Å². The number of nitrogens with zero attached hydrogens (tertiary/aromatic N) is 1. The van der Waals surface area contributed by atoms with E-state index in [0.29, 0.717) is 19.1 Å². The maximum atomic E-state index is 5.76. The molecule has 0 bridgehead atoms. The van der Waals surface area contributed by atoms with Crippen molar-refractivity contribution in [2.45, 2.75) is 26.7 Å². The van der Waals surface area contributed by atoms with Crippen LogP contribution in [-0.2, 0) is 6.42 Å². The molecule has 1 rings (SSSR count). The molecule has 0 atom stereocenters. The second kappa shape index (κ2) is 9.71. The first kappa shape index (κ1) is 17.9. The summed E-state index contributed by atoms with van der Waals surface area (Å²) in [6, 6.07) is 6.02. The van der Waals surface area contributed by atoms with Gasteiger partial charge in [0.15, 0.2) is 17.5 Å². The van der Waals surface area contributed by atoms with E-state index in [4.69, 9.17) is 15.2 Å². The maximum absolute atomic E-state index is 5.76. The molecule has 0 unspecified atom stereocenters. The molecule has 0 fully saturated rings.